The molecule has 94 valence electrons. The lowest BCUT2D eigenvalue weighted by molar-refractivity contribution is 0.178. The molecule has 1 aromatic carbocycles. The summed E-state index contributed by atoms with van der Waals surface area (Å²) in [6, 6.07) is 6.47. The summed E-state index contributed by atoms with van der Waals surface area (Å²) in [5.74, 6) is 0.640. The van der Waals surface area contributed by atoms with Crippen LogP contribution in [0.15, 0.2) is 24.3 Å². The number of hydrogen-bond acceptors (Lipinski definition) is 4. The number of nitrogen functional groups attached to an aromatic ring is 1. The Labute approximate surface area is 105 Å². The van der Waals surface area contributed by atoms with Crippen LogP contribution in [0.3, 0.4) is 0 Å². The third-order valence-electron chi connectivity index (χ3n) is 2.52. The van der Waals surface area contributed by atoms with Crippen molar-refractivity contribution in [3.05, 3.63) is 41.5 Å². The number of aromatic nitrogens is 2. The molecule has 2 aromatic rings. The number of anilines is 1. The monoisotopic (exact) mass is 247 g/mol. The predicted octanol–water partition coefficient (Wildman–Crippen LogP) is 2.32. The number of nitrogens with zero attached hydrogens (tertiary/aromatic N) is 2. The standard InChI is InChI=1S/C13H14FN3O/c1-8-5-9(3-4-10(8)14)11-6-12(15)17-13(16-11)7-18-2/h3-6H,7H2,1-2H3,(H2,15,16,17). The first kappa shape index (κ1) is 12.4. The van der Waals surface area contributed by atoms with Crippen LogP contribution in [-0.4, -0.2) is 17.1 Å². The molecule has 1 aromatic heterocycles. The summed E-state index contributed by atoms with van der Waals surface area (Å²) >= 11 is 0. The zero-order valence-electron chi connectivity index (χ0n) is 10.3. The van der Waals surface area contributed by atoms with Gasteiger partial charge >= 0.3 is 0 Å². The van der Waals surface area contributed by atoms with Crippen LogP contribution in [0, 0.1) is 12.7 Å². The Morgan fingerprint density at radius 1 is 1.28 bits per heavy atom. The lowest BCUT2D eigenvalue weighted by Gasteiger charge is -2.06. The van der Waals surface area contributed by atoms with Crippen molar-refractivity contribution < 1.29 is 9.13 Å². The van der Waals surface area contributed by atoms with Gasteiger partial charge in [0.15, 0.2) is 5.82 Å². The Bertz CT molecular complexity index is 572. The molecule has 0 aliphatic rings. The van der Waals surface area contributed by atoms with Crippen LogP contribution in [0.25, 0.3) is 11.3 Å². The molecule has 5 heteroatoms. The molecule has 0 saturated carbocycles. The molecule has 18 heavy (non-hydrogen) atoms. The largest absolute Gasteiger partial charge is 0.384 e. The number of aryl methyl sites for hydroxylation is 1. The van der Waals surface area contributed by atoms with Crippen molar-refractivity contribution in [1.82, 2.24) is 9.97 Å². The number of halogens is 1. The van der Waals surface area contributed by atoms with Crippen LogP contribution in [0.1, 0.15) is 11.4 Å². The molecule has 0 aliphatic heterocycles. The summed E-state index contributed by atoms with van der Waals surface area (Å²) in [6.45, 7) is 2.00. The average Bonchev–Trinajstić information content (AvgIpc) is 2.32. The summed E-state index contributed by atoms with van der Waals surface area (Å²) in [7, 11) is 1.56. The van der Waals surface area contributed by atoms with E-state index in [2.05, 4.69) is 9.97 Å². The molecular formula is C13H14FN3O. The summed E-state index contributed by atoms with van der Waals surface area (Å²) in [5, 5.41) is 0. The van der Waals surface area contributed by atoms with Crippen molar-refractivity contribution in [3.8, 4) is 11.3 Å². The second-order valence-electron chi connectivity index (χ2n) is 3.99. The number of ether oxygens (including phenoxy) is 1. The van der Waals surface area contributed by atoms with E-state index < -0.39 is 0 Å². The van der Waals surface area contributed by atoms with Crippen LogP contribution in [-0.2, 0) is 11.3 Å². The molecule has 0 amide bonds. The normalized spacial score (nSPS) is 10.6. The van der Waals surface area contributed by atoms with Gasteiger partial charge in [0.05, 0.1) is 5.69 Å². The minimum absolute atomic E-state index is 0.238. The van der Waals surface area contributed by atoms with Crippen molar-refractivity contribution in [2.24, 2.45) is 0 Å². The first-order chi connectivity index (χ1) is 8.60. The van der Waals surface area contributed by atoms with Gasteiger partial charge in [0.25, 0.3) is 0 Å². The van der Waals surface area contributed by atoms with Crippen molar-refractivity contribution in [2.45, 2.75) is 13.5 Å². The highest BCUT2D eigenvalue weighted by atomic mass is 19.1. The Morgan fingerprint density at radius 3 is 2.72 bits per heavy atom. The molecule has 0 aliphatic carbocycles. The van der Waals surface area contributed by atoms with Crippen LogP contribution in [0.5, 0.6) is 0 Å². The Hall–Kier alpha value is -2.01. The predicted molar refractivity (Wildman–Crippen MR) is 67.3 cm³/mol. The molecule has 0 radical (unpaired) electrons. The van der Waals surface area contributed by atoms with Gasteiger partial charge in [0.2, 0.25) is 0 Å². The number of methoxy groups -OCH3 is 1. The SMILES string of the molecule is COCc1nc(N)cc(-c2ccc(F)c(C)c2)n1. The minimum atomic E-state index is -0.238. The maximum absolute atomic E-state index is 13.2. The smallest absolute Gasteiger partial charge is 0.157 e. The Balaban J connectivity index is 2.46. The molecule has 0 bridgehead atoms. The van der Waals surface area contributed by atoms with Crippen molar-refractivity contribution >= 4 is 5.82 Å². The first-order valence-electron chi connectivity index (χ1n) is 5.49. The molecule has 0 unspecified atom stereocenters. The highest BCUT2D eigenvalue weighted by molar-refractivity contribution is 5.62. The molecule has 0 atom stereocenters. The zero-order chi connectivity index (χ0) is 13.1. The average molecular weight is 247 g/mol. The summed E-state index contributed by atoms with van der Waals surface area (Å²) < 4.78 is 18.2. The summed E-state index contributed by atoms with van der Waals surface area (Å²) in [6.07, 6.45) is 0. The lowest BCUT2D eigenvalue weighted by Crippen LogP contribution is -2.02. The molecule has 1 heterocycles. The van der Waals surface area contributed by atoms with E-state index in [-0.39, 0.29) is 12.4 Å². The molecular weight excluding hydrogens is 233 g/mol. The van der Waals surface area contributed by atoms with Crippen molar-refractivity contribution in [1.29, 1.82) is 0 Å². The quantitative estimate of drug-likeness (QED) is 0.904. The van der Waals surface area contributed by atoms with E-state index >= 15 is 0 Å². The first-order valence-corrected chi connectivity index (χ1v) is 5.49. The van der Waals surface area contributed by atoms with E-state index in [1.165, 1.54) is 6.07 Å². The number of rotatable bonds is 3. The van der Waals surface area contributed by atoms with Crippen molar-refractivity contribution in [3.63, 3.8) is 0 Å². The van der Waals surface area contributed by atoms with Gasteiger partial charge < -0.3 is 10.5 Å². The van der Waals surface area contributed by atoms with E-state index in [4.69, 9.17) is 10.5 Å². The molecule has 0 saturated heterocycles. The Kier molecular flexibility index (Phi) is 3.53. The third kappa shape index (κ3) is 2.62. The number of benzene rings is 1. The molecule has 2 rings (SSSR count). The zero-order valence-corrected chi connectivity index (χ0v) is 10.3. The fourth-order valence-electron chi connectivity index (χ4n) is 1.66. The molecule has 4 nitrogen and oxygen atoms in total. The number of hydrogen-bond donors (Lipinski definition) is 1. The molecule has 0 spiro atoms. The number of nitrogens with two attached hydrogens (primary N) is 1. The topological polar surface area (TPSA) is 61.0 Å². The highest BCUT2D eigenvalue weighted by Crippen LogP contribution is 2.21. The van der Waals surface area contributed by atoms with Gasteiger partial charge in [-0.1, -0.05) is 0 Å². The summed E-state index contributed by atoms with van der Waals surface area (Å²) in [4.78, 5) is 8.38. The van der Waals surface area contributed by atoms with Crippen LogP contribution in [0.4, 0.5) is 10.2 Å². The third-order valence-corrected chi connectivity index (χ3v) is 2.52. The van der Waals surface area contributed by atoms with Gasteiger partial charge in [-0.3, -0.25) is 0 Å². The maximum Gasteiger partial charge on any atom is 0.157 e. The molecule has 0 fully saturated rings. The van der Waals surface area contributed by atoms with Crippen LogP contribution in [0.2, 0.25) is 0 Å². The Morgan fingerprint density at radius 2 is 2.06 bits per heavy atom. The molecule has 2 N–H and O–H groups in total. The van der Waals surface area contributed by atoms with Crippen LogP contribution < -0.4 is 5.73 Å². The summed E-state index contributed by atoms with van der Waals surface area (Å²) in [5.41, 5.74) is 7.75. The fraction of sp³-hybridized carbons (Fsp3) is 0.231. The lowest BCUT2D eigenvalue weighted by atomic mass is 10.1. The van der Waals surface area contributed by atoms with Gasteiger partial charge in [0.1, 0.15) is 18.2 Å². The van der Waals surface area contributed by atoms with E-state index in [9.17, 15) is 4.39 Å². The fourth-order valence-corrected chi connectivity index (χ4v) is 1.66. The van der Waals surface area contributed by atoms with Gasteiger partial charge in [-0.05, 0) is 30.7 Å². The van der Waals surface area contributed by atoms with Gasteiger partial charge in [-0.2, -0.15) is 0 Å². The van der Waals surface area contributed by atoms with Gasteiger partial charge in [0, 0.05) is 18.7 Å². The highest BCUT2D eigenvalue weighted by Gasteiger charge is 2.07. The minimum Gasteiger partial charge on any atom is -0.384 e. The second-order valence-corrected chi connectivity index (χ2v) is 3.99. The van der Waals surface area contributed by atoms with E-state index in [0.29, 0.717) is 22.9 Å². The van der Waals surface area contributed by atoms with E-state index in [1.54, 1.807) is 32.2 Å². The van der Waals surface area contributed by atoms with Crippen molar-refractivity contribution in [2.75, 3.05) is 12.8 Å². The second kappa shape index (κ2) is 5.10. The van der Waals surface area contributed by atoms with Gasteiger partial charge in [-0.25, -0.2) is 14.4 Å². The van der Waals surface area contributed by atoms with E-state index in [0.717, 1.165) is 5.56 Å². The van der Waals surface area contributed by atoms with E-state index in [1.807, 2.05) is 0 Å². The van der Waals surface area contributed by atoms with Crippen LogP contribution >= 0.6 is 0 Å². The van der Waals surface area contributed by atoms with Gasteiger partial charge in [-0.15, -0.1) is 0 Å². The maximum atomic E-state index is 13.2.